The number of nitrogens with zero attached hydrogens (tertiary/aromatic N) is 2. The second kappa shape index (κ2) is 8.56. The summed E-state index contributed by atoms with van der Waals surface area (Å²) in [6.07, 6.45) is 0. The first-order chi connectivity index (χ1) is 14.5. The minimum absolute atomic E-state index is 0.0240. The quantitative estimate of drug-likeness (QED) is 0.616. The first-order valence-corrected chi connectivity index (χ1v) is 11.4. The molecule has 1 fully saturated rings. The summed E-state index contributed by atoms with van der Waals surface area (Å²) < 4.78 is 43.2. The summed E-state index contributed by atoms with van der Waals surface area (Å²) in [4.78, 5) is 13.4. The van der Waals surface area contributed by atoms with Gasteiger partial charge < -0.3 is 19.3 Å². The van der Waals surface area contributed by atoms with Crippen LogP contribution in [0.15, 0.2) is 51.2 Å². The van der Waals surface area contributed by atoms with Crippen LogP contribution in [0.4, 0.5) is 5.69 Å². The summed E-state index contributed by atoms with van der Waals surface area (Å²) in [5.74, 6) is 0.169. The average Bonchev–Trinajstić information content (AvgIpc) is 3.46. The van der Waals surface area contributed by atoms with Crippen LogP contribution in [0.5, 0.6) is 5.75 Å². The van der Waals surface area contributed by atoms with E-state index in [-0.39, 0.29) is 29.4 Å². The van der Waals surface area contributed by atoms with E-state index >= 15 is 0 Å². The van der Waals surface area contributed by atoms with E-state index in [0.29, 0.717) is 24.7 Å². The molecule has 9 nitrogen and oxygen atoms in total. The third-order valence-corrected chi connectivity index (χ3v) is 7.32. The first-order valence-electron chi connectivity index (χ1n) is 9.07. The molecule has 1 amide bonds. The molecule has 0 spiro atoms. The number of nitrogens with one attached hydrogen (secondary N) is 1. The number of thiophene rings is 1. The Balaban J connectivity index is 1.58. The highest BCUT2D eigenvalue weighted by atomic mass is 32.2. The second-order valence-corrected chi connectivity index (χ2v) is 9.24. The molecule has 11 heteroatoms. The molecule has 3 aromatic rings. The van der Waals surface area contributed by atoms with Crippen LogP contribution >= 0.6 is 11.3 Å². The van der Waals surface area contributed by atoms with Crippen molar-refractivity contribution in [2.75, 3.05) is 38.7 Å². The number of carbonyl (C=O) groups excluding carboxylic acids is 1. The number of carbonyl (C=O) groups is 1. The number of morpholine rings is 1. The maximum absolute atomic E-state index is 13.1. The molecule has 0 bridgehead atoms. The van der Waals surface area contributed by atoms with E-state index < -0.39 is 15.9 Å². The van der Waals surface area contributed by atoms with Crippen molar-refractivity contribution in [3.05, 3.63) is 47.5 Å². The zero-order chi connectivity index (χ0) is 21.1. The fraction of sp³-hybridized carbons (Fsp3) is 0.263. The Morgan fingerprint density at radius 1 is 1.23 bits per heavy atom. The Labute approximate surface area is 177 Å². The summed E-state index contributed by atoms with van der Waals surface area (Å²) in [6, 6.07) is 9.71. The summed E-state index contributed by atoms with van der Waals surface area (Å²) in [5, 5.41) is 8.36. The molecule has 3 heterocycles. The van der Waals surface area contributed by atoms with Gasteiger partial charge in [0, 0.05) is 24.8 Å². The van der Waals surface area contributed by atoms with Crippen LogP contribution in [0.1, 0.15) is 10.5 Å². The highest BCUT2D eigenvalue weighted by Gasteiger charge is 2.29. The molecular formula is C19H19N3O6S2. The Morgan fingerprint density at radius 3 is 2.73 bits per heavy atom. The van der Waals surface area contributed by atoms with Gasteiger partial charge in [-0.1, -0.05) is 11.2 Å². The number of benzene rings is 1. The van der Waals surface area contributed by atoms with Gasteiger partial charge >= 0.3 is 0 Å². The van der Waals surface area contributed by atoms with Gasteiger partial charge in [-0.25, -0.2) is 8.42 Å². The SMILES string of the molecule is COc1ccc(NC(=O)c2cc(-c3cccs3)on2)cc1S(=O)(=O)N1CCOCC1. The number of ether oxygens (including phenoxy) is 2. The molecule has 30 heavy (non-hydrogen) atoms. The molecular weight excluding hydrogens is 430 g/mol. The molecule has 0 saturated carbocycles. The number of aromatic nitrogens is 1. The molecule has 1 N–H and O–H groups in total. The van der Waals surface area contributed by atoms with Crippen LogP contribution in [0.25, 0.3) is 10.6 Å². The molecule has 0 radical (unpaired) electrons. The third kappa shape index (κ3) is 4.10. The van der Waals surface area contributed by atoms with E-state index in [9.17, 15) is 13.2 Å². The van der Waals surface area contributed by atoms with Crippen LogP contribution in [-0.2, 0) is 14.8 Å². The number of anilines is 1. The van der Waals surface area contributed by atoms with Gasteiger partial charge in [-0.15, -0.1) is 11.3 Å². The lowest BCUT2D eigenvalue weighted by molar-refractivity contribution is 0.0729. The number of rotatable bonds is 6. The maximum atomic E-state index is 13.1. The van der Waals surface area contributed by atoms with E-state index in [1.165, 1.54) is 41.0 Å². The Kier molecular flexibility index (Phi) is 5.86. The lowest BCUT2D eigenvalue weighted by Crippen LogP contribution is -2.40. The van der Waals surface area contributed by atoms with Crippen LogP contribution < -0.4 is 10.1 Å². The predicted molar refractivity (Wildman–Crippen MR) is 110 cm³/mol. The Hall–Kier alpha value is -2.73. The smallest absolute Gasteiger partial charge is 0.277 e. The van der Waals surface area contributed by atoms with Crippen molar-refractivity contribution >= 4 is 33.0 Å². The minimum atomic E-state index is -3.81. The van der Waals surface area contributed by atoms with E-state index in [1.807, 2.05) is 17.5 Å². The topological polar surface area (TPSA) is 111 Å². The Morgan fingerprint density at radius 2 is 2.03 bits per heavy atom. The molecule has 1 aromatic carbocycles. The fourth-order valence-electron chi connectivity index (χ4n) is 2.99. The molecule has 1 aliphatic heterocycles. The molecule has 0 aliphatic carbocycles. The number of hydrogen-bond donors (Lipinski definition) is 1. The van der Waals surface area contributed by atoms with Crippen molar-refractivity contribution in [2.24, 2.45) is 0 Å². The van der Waals surface area contributed by atoms with Crippen LogP contribution in [-0.4, -0.2) is 57.2 Å². The van der Waals surface area contributed by atoms with Gasteiger partial charge in [0.15, 0.2) is 11.5 Å². The van der Waals surface area contributed by atoms with E-state index in [0.717, 1.165) is 4.88 Å². The highest BCUT2D eigenvalue weighted by molar-refractivity contribution is 7.89. The number of amides is 1. The molecule has 1 aliphatic rings. The number of methoxy groups -OCH3 is 1. The lowest BCUT2D eigenvalue weighted by Gasteiger charge is -2.26. The van der Waals surface area contributed by atoms with E-state index in [2.05, 4.69) is 10.5 Å². The molecule has 0 unspecified atom stereocenters. The third-order valence-electron chi connectivity index (χ3n) is 4.52. The van der Waals surface area contributed by atoms with Crippen LogP contribution in [0.3, 0.4) is 0 Å². The van der Waals surface area contributed by atoms with Gasteiger partial charge in [0.25, 0.3) is 5.91 Å². The van der Waals surface area contributed by atoms with Crippen LogP contribution in [0, 0.1) is 0 Å². The van der Waals surface area contributed by atoms with Crippen molar-refractivity contribution in [3.63, 3.8) is 0 Å². The van der Waals surface area contributed by atoms with Gasteiger partial charge in [-0.2, -0.15) is 4.31 Å². The number of sulfonamides is 1. The zero-order valence-electron chi connectivity index (χ0n) is 16.0. The largest absolute Gasteiger partial charge is 0.495 e. The van der Waals surface area contributed by atoms with Gasteiger partial charge in [0.2, 0.25) is 10.0 Å². The molecule has 0 atom stereocenters. The van der Waals surface area contributed by atoms with Gasteiger partial charge in [0.1, 0.15) is 10.6 Å². The summed E-state index contributed by atoms with van der Waals surface area (Å²) in [7, 11) is -2.41. The van der Waals surface area contributed by atoms with E-state index in [4.69, 9.17) is 14.0 Å². The Bertz CT molecular complexity index is 1130. The molecule has 2 aromatic heterocycles. The molecule has 1 saturated heterocycles. The highest BCUT2D eigenvalue weighted by Crippen LogP contribution is 2.31. The van der Waals surface area contributed by atoms with Gasteiger partial charge in [0.05, 0.1) is 25.2 Å². The predicted octanol–water partition coefficient (Wildman–Crippen LogP) is 2.68. The summed E-state index contributed by atoms with van der Waals surface area (Å²) in [6.45, 7) is 1.17. The summed E-state index contributed by atoms with van der Waals surface area (Å²) >= 11 is 1.47. The zero-order valence-corrected chi connectivity index (χ0v) is 17.7. The van der Waals surface area contributed by atoms with Crippen LogP contribution in [0.2, 0.25) is 0 Å². The monoisotopic (exact) mass is 449 g/mol. The standard InChI is InChI=1S/C19H19N3O6S2/c1-26-15-5-4-13(11-18(15)30(24,25)22-6-8-27-9-7-22)20-19(23)14-12-16(28-21-14)17-3-2-10-29-17/h2-5,10-12H,6-9H2,1H3,(H,20,23). The molecule has 4 rings (SSSR count). The van der Waals surface area contributed by atoms with Gasteiger partial charge in [-0.05, 0) is 29.6 Å². The number of hydrogen-bond acceptors (Lipinski definition) is 8. The second-order valence-electron chi connectivity index (χ2n) is 6.39. The van der Waals surface area contributed by atoms with Gasteiger partial charge in [-0.3, -0.25) is 4.79 Å². The van der Waals surface area contributed by atoms with Crippen molar-refractivity contribution in [3.8, 4) is 16.4 Å². The fourth-order valence-corrected chi connectivity index (χ4v) is 5.26. The molecule has 158 valence electrons. The van der Waals surface area contributed by atoms with E-state index in [1.54, 1.807) is 6.07 Å². The first kappa shape index (κ1) is 20.5. The summed E-state index contributed by atoms with van der Waals surface area (Å²) in [5.41, 5.74) is 0.389. The van der Waals surface area contributed by atoms with Crippen molar-refractivity contribution < 1.29 is 27.2 Å². The lowest BCUT2D eigenvalue weighted by atomic mass is 10.2. The van der Waals surface area contributed by atoms with Crippen molar-refractivity contribution in [2.45, 2.75) is 4.90 Å². The normalized spacial score (nSPS) is 15.1. The minimum Gasteiger partial charge on any atom is -0.495 e. The van der Waals surface area contributed by atoms with Crippen molar-refractivity contribution in [1.29, 1.82) is 0 Å². The maximum Gasteiger partial charge on any atom is 0.277 e. The average molecular weight is 450 g/mol. The van der Waals surface area contributed by atoms with Crippen molar-refractivity contribution in [1.82, 2.24) is 9.46 Å².